The van der Waals surface area contributed by atoms with Crippen molar-refractivity contribution >= 4 is 17.2 Å². The van der Waals surface area contributed by atoms with Crippen LogP contribution in [0.3, 0.4) is 0 Å². The van der Waals surface area contributed by atoms with Crippen molar-refractivity contribution in [1.82, 2.24) is 14.9 Å². The van der Waals surface area contributed by atoms with Gasteiger partial charge in [0.05, 0.1) is 23.6 Å². The number of nitrogens with one attached hydrogen (secondary N) is 1. The number of rotatable bonds is 8. The van der Waals surface area contributed by atoms with Gasteiger partial charge in [0.25, 0.3) is 5.91 Å². The molecule has 0 bridgehead atoms. The van der Waals surface area contributed by atoms with Crippen molar-refractivity contribution < 1.29 is 9.53 Å². The zero-order valence-electron chi connectivity index (χ0n) is 20.4. The monoisotopic (exact) mass is 477 g/mol. The Morgan fingerprint density at radius 3 is 2.91 bits per heavy atom. The highest BCUT2D eigenvalue weighted by Crippen LogP contribution is 2.36. The van der Waals surface area contributed by atoms with Crippen molar-refractivity contribution in [3.05, 3.63) is 46.5 Å². The van der Waals surface area contributed by atoms with Crippen LogP contribution >= 0.6 is 11.3 Å². The molecule has 1 aliphatic heterocycles. The summed E-state index contributed by atoms with van der Waals surface area (Å²) < 4.78 is 8.03. The van der Waals surface area contributed by atoms with E-state index in [2.05, 4.69) is 53.4 Å². The van der Waals surface area contributed by atoms with E-state index in [1.54, 1.807) is 11.3 Å². The molecule has 0 radical (unpaired) electrons. The van der Waals surface area contributed by atoms with Crippen molar-refractivity contribution in [2.75, 3.05) is 13.2 Å². The van der Waals surface area contributed by atoms with Crippen LogP contribution in [0.15, 0.2) is 29.6 Å². The van der Waals surface area contributed by atoms with Gasteiger partial charge in [0.15, 0.2) is 0 Å². The summed E-state index contributed by atoms with van der Waals surface area (Å²) in [7, 11) is 0. The van der Waals surface area contributed by atoms with Gasteiger partial charge in [-0.25, -0.2) is 4.98 Å². The second-order valence-electron chi connectivity index (χ2n) is 9.71. The van der Waals surface area contributed by atoms with Crippen molar-refractivity contribution in [2.45, 2.75) is 71.8 Å². The van der Waals surface area contributed by atoms with E-state index in [4.69, 9.17) is 9.72 Å². The van der Waals surface area contributed by atoms with E-state index < -0.39 is 0 Å². The molecule has 6 heteroatoms. The van der Waals surface area contributed by atoms with Crippen LogP contribution in [0.2, 0.25) is 0 Å². The lowest BCUT2D eigenvalue weighted by atomic mass is 9.89. The van der Waals surface area contributed by atoms with Crippen molar-refractivity contribution in [3.8, 4) is 27.7 Å². The third-order valence-corrected chi connectivity index (χ3v) is 8.19. The molecule has 1 fully saturated rings. The zero-order chi connectivity index (χ0) is 23.5. The Bertz CT molecular complexity index is 1160. The van der Waals surface area contributed by atoms with E-state index >= 15 is 0 Å². The Hall–Kier alpha value is -2.60. The summed E-state index contributed by atoms with van der Waals surface area (Å²) in [6.45, 7) is 6.69. The molecule has 5 rings (SSSR count). The largest absolute Gasteiger partial charge is 0.493 e. The number of fused-ring (bicyclic) bond motifs is 1. The highest BCUT2D eigenvalue weighted by Gasteiger charge is 2.23. The number of ether oxygens (including phenoxy) is 1. The average Bonchev–Trinajstić information content (AvgIpc) is 3.59. The predicted octanol–water partition coefficient (Wildman–Crippen LogP) is 6.63. The molecule has 1 aliphatic carbocycles. The van der Waals surface area contributed by atoms with Crippen LogP contribution in [0.25, 0.3) is 22.0 Å². The fourth-order valence-electron chi connectivity index (χ4n) is 5.27. The summed E-state index contributed by atoms with van der Waals surface area (Å²) in [6, 6.07) is 8.44. The summed E-state index contributed by atoms with van der Waals surface area (Å²) in [4.78, 5) is 18.1. The Morgan fingerprint density at radius 1 is 1.24 bits per heavy atom. The van der Waals surface area contributed by atoms with Gasteiger partial charge in [-0.2, -0.15) is 0 Å². The maximum atomic E-state index is 13.0. The molecule has 3 heterocycles. The molecule has 3 aromatic rings. The molecule has 5 nitrogen and oxygen atoms in total. The minimum atomic E-state index is 0.0312. The number of hydrogen-bond donors (Lipinski definition) is 1. The van der Waals surface area contributed by atoms with Crippen LogP contribution < -0.4 is 10.1 Å². The van der Waals surface area contributed by atoms with Crippen LogP contribution in [-0.2, 0) is 13.0 Å². The Kier molecular flexibility index (Phi) is 7.05. The number of unbranched alkanes of at least 4 members (excludes halogenated alkanes) is 1. The number of hydrogen-bond acceptors (Lipinski definition) is 4. The number of carbonyl (C=O) groups is 1. The number of nitrogens with zero attached hydrogens (tertiary/aromatic N) is 2. The normalized spacial score (nSPS) is 15.8. The molecule has 34 heavy (non-hydrogen) atoms. The van der Waals surface area contributed by atoms with E-state index in [9.17, 15) is 4.79 Å². The molecule has 0 spiro atoms. The van der Waals surface area contributed by atoms with Crippen LogP contribution in [0.1, 0.15) is 73.5 Å². The van der Waals surface area contributed by atoms with Crippen LogP contribution in [0.4, 0.5) is 0 Å². The summed E-state index contributed by atoms with van der Waals surface area (Å²) in [5, 5.41) is 6.27. The molecule has 0 unspecified atom stereocenters. The van der Waals surface area contributed by atoms with Gasteiger partial charge in [0, 0.05) is 36.1 Å². The van der Waals surface area contributed by atoms with E-state index in [1.165, 1.54) is 37.7 Å². The van der Waals surface area contributed by atoms with Gasteiger partial charge in [-0.1, -0.05) is 32.6 Å². The summed E-state index contributed by atoms with van der Waals surface area (Å²) in [6.07, 6.45) is 9.55. The molecular weight excluding hydrogens is 442 g/mol. The molecule has 1 aromatic carbocycles. The smallest absolute Gasteiger partial charge is 0.253 e. The van der Waals surface area contributed by atoms with E-state index in [1.807, 2.05) is 0 Å². The maximum Gasteiger partial charge on any atom is 0.253 e. The van der Waals surface area contributed by atoms with E-state index in [0.717, 1.165) is 77.9 Å². The van der Waals surface area contributed by atoms with Gasteiger partial charge in [0.1, 0.15) is 10.8 Å². The first-order valence-electron chi connectivity index (χ1n) is 12.8. The first-order chi connectivity index (χ1) is 16.6. The van der Waals surface area contributed by atoms with Gasteiger partial charge in [0.2, 0.25) is 0 Å². The second-order valence-corrected chi connectivity index (χ2v) is 10.6. The van der Waals surface area contributed by atoms with Gasteiger partial charge in [-0.15, -0.1) is 11.3 Å². The van der Waals surface area contributed by atoms with Gasteiger partial charge >= 0.3 is 0 Å². The summed E-state index contributed by atoms with van der Waals surface area (Å²) in [5.74, 6) is 1.70. The standard InChI is InChI=1S/C28H35N3O2S/c1-3-4-13-29-27(32)23-16-25(31(19(23)2)17-20-8-6-5-7-9-20)24-18-34-28(30-24)22-10-11-26-21(15-22)12-14-33-26/h10-11,15-16,18,20H,3-9,12-14,17H2,1-2H3,(H,29,32). The lowest BCUT2D eigenvalue weighted by Gasteiger charge is -2.24. The van der Waals surface area contributed by atoms with E-state index in [0.29, 0.717) is 5.92 Å². The molecular formula is C28H35N3O2S. The summed E-state index contributed by atoms with van der Waals surface area (Å²) >= 11 is 1.67. The predicted molar refractivity (Wildman–Crippen MR) is 139 cm³/mol. The first-order valence-corrected chi connectivity index (χ1v) is 13.7. The minimum absolute atomic E-state index is 0.0312. The minimum Gasteiger partial charge on any atom is -0.493 e. The lowest BCUT2D eigenvalue weighted by Crippen LogP contribution is -2.25. The fraction of sp³-hybridized carbons (Fsp3) is 0.500. The maximum absolute atomic E-state index is 13.0. The van der Waals surface area contributed by atoms with Crippen molar-refractivity contribution in [3.63, 3.8) is 0 Å². The highest BCUT2D eigenvalue weighted by molar-refractivity contribution is 7.13. The van der Waals surface area contributed by atoms with E-state index in [-0.39, 0.29) is 5.91 Å². The molecule has 180 valence electrons. The zero-order valence-corrected chi connectivity index (χ0v) is 21.2. The molecule has 1 amide bonds. The van der Waals surface area contributed by atoms with Gasteiger partial charge in [-0.05, 0) is 61.9 Å². The number of amides is 1. The Balaban J connectivity index is 1.47. The quantitative estimate of drug-likeness (QED) is 0.370. The van der Waals surface area contributed by atoms with Gasteiger partial charge in [-0.3, -0.25) is 4.79 Å². The number of thiazole rings is 1. The van der Waals surface area contributed by atoms with Crippen LogP contribution in [0, 0.1) is 12.8 Å². The number of carbonyl (C=O) groups excluding carboxylic acids is 1. The Labute approximate surface area is 206 Å². The van der Waals surface area contributed by atoms with Crippen LogP contribution in [-0.4, -0.2) is 28.6 Å². The SMILES string of the molecule is CCCCNC(=O)c1cc(-c2csc(-c3ccc4c(c3)CCO4)n2)n(CC2CCCCC2)c1C. The first kappa shape index (κ1) is 23.2. The van der Waals surface area contributed by atoms with Crippen molar-refractivity contribution in [1.29, 1.82) is 0 Å². The Morgan fingerprint density at radius 2 is 2.09 bits per heavy atom. The topological polar surface area (TPSA) is 56.1 Å². The lowest BCUT2D eigenvalue weighted by molar-refractivity contribution is 0.0952. The number of benzene rings is 1. The fourth-order valence-corrected chi connectivity index (χ4v) is 6.08. The molecule has 1 saturated carbocycles. The second kappa shape index (κ2) is 10.3. The average molecular weight is 478 g/mol. The third kappa shape index (κ3) is 4.78. The molecule has 0 saturated heterocycles. The summed E-state index contributed by atoms with van der Waals surface area (Å²) in [5.41, 5.74) is 6.26. The van der Waals surface area contributed by atoms with Crippen LogP contribution in [0.5, 0.6) is 5.75 Å². The number of aromatic nitrogens is 2. The molecule has 2 aliphatic rings. The molecule has 2 aromatic heterocycles. The highest BCUT2D eigenvalue weighted by atomic mass is 32.1. The third-order valence-electron chi connectivity index (χ3n) is 7.30. The van der Waals surface area contributed by atoms with Gasteiger partial charge < -0.3 is 14.6 Å². The van der Waals surface area contributed by atoms with Crippen molar-refractivity contribution in [2.24, 2.45) is 5.92 Å². The molecule has 1 N–H and O–H groups in total. The molecule has 0 atom stereocenters.